The Labute approximate surface area is 220 Å². The molecule has 0 saturated carbocycles. The van der Waals surface area contributed by atoms with Crippen molar-refractivity contribution in [2.45, 2.75) is 19.9 Å². The molecular formula is C34H24N4. The number of benzene rings is 5. The van der Waals surface area contributed by atoms with Crippen molar-refractivity contribution in [3.63, 3.8) is 0 Å². The highest BCUT2D eigenvalue weighted by Gasteiger charge is 2.31. The number of rotatable bonds is 2. The van der Waals surface area contributed by atoms with Gasteiger partial charge in [-0.05, 0) is 68.4 Å². The van der Waals surface area contributed by atoms with Crippen LogP contribution in [-0.4, -0.2) is 15.2 Å². The summed E-state index contributed by atoms with van der Waals surface area (Å²) >= 11 is 0. The van der Waals surface area contributed by atoms with Crippen molar-refractivity contribution in [2.24, 2.45) is 0 Å². The molecule has 0 radical (unpaired) electrons. The predicted octanol–water partition coefficient (Wildman–Crippen LogP) is 8.61. The molecule has 7 aromatic rings. The van der Waals surface area contributed by atoms with E-state index in [1.54, 1.807) is 0 Å². The van der Waals surface area contributed by atoms with Crippen molar-refractivity contribution in [2.75, 3.05) is 4.90 Å². The average Bonchev–Trinajstić information content (AvgIpc) is 3.47. The van der Waals surface area contributed by atoms with E-state index in [1.165, 1.54) is 49.8 Å². The molecule has 0 unspecified atom stereocenters. The molecule has 1 aliphatic rings. The monoisotopic (exact) mass is 488 g/mol. The van der Waals surface area contributed by atoms with Crippen LogP contribution in [0, 0.1) is 11.3 Å². The van der Waals surface area contributed by atoms with Crippen molar-refractivity contribution in [3.05, 3.63) is 109 Å². The molecule has 0 N–H and O–H groups in total. The Hall–Kier alpha value is -5.01. The number of hydrogen-bond acceptors (Lipinski definition) is 2. The minimum absolute atomic E-state index is 0.265. The quantitative estimate of drug-likeness (QED) is 0.244. The molecule has 4 heteroatoms. The van der Waals surface area contributed by atoms with Crippen LogP contribution in [0.1, 0.15) is 19.4 Å². The minimum Gasteiger partial charge on any atom is -0.335 e. The highest BCUT2D eigenvalue weighted by Crippen LogP contribution is 2.51. The normalized spacial score (nSPS) is 12.6. The van der Waals surface area contributed by atoms with Crippen LogP contribution in [0.3, 0.4) is 0 Å². The smallest absolute Gasteiger partial charge is 0.0991 e. The van der Waals surface area contributed by atoms with Crippen molar-refractivity contribution in [3.8, 4) is 17.4 Å². The van der Waals surface area contributed by atoms with Crippen LogP contribution in [0.2, 0.25) is 0 Å². The molecular weight excluding hydrogens is 464 g/mol. The summed E-state index contributed by atoms with van der Waals surface area (Å²) in [5.41, 5.74) is 10.0. The van der Waals surface area contributed by atoms with Gasteiger partial charge in [0.05, 0.1) is 50.8 Å². The molecule has 3 heterocycles. The molecule has 0 saturated heterocycles. The number of fused-ring (bicyclic) bond motifs is 9. The largest absolute Gasteiger partial charge is 0.335 e. The van der Waals surface area contributed by atoms with Gasteiger partial charge in [0.15, 0.2) is 0 Å². The van der Waals surface area contributed by atoms with E-state index in [-0.39, 0.29) is 6.04 Å². The van der Waals surface area contributed by atoms with E-state index in [1.807, 2.05) is 6.07 Å². The molecule has 0 atom stereocenters. The van der Waals surface area contributed by atoms with E-state index in [4.69, 9.17) is 0 Å². The summed E-state index contributed by atoms with van der Waals surface area (Å²) in [5, 5.41) is 14.6. The Morgan fingerprint density at radius 1 is 0.605 bits per heavy atom. The number of para-hydroxylation sites is 4. The lowest BCUT2D eigenvalue weighted by Crippen LogP contribution is -2.29. The van der Waals surface area contributed by atoms with Gasteiger partial charge >= 0.3 is 0 Å². The lowest BCUT2D eigenvalue weighted by molar-refractivity contribution is 0.782. The van der Waals surface area contributed by atoms with Gasteiger partial charge in [-0.15, -0.1) is 0 Å². The molecule has 0 fully saturated rings. The molecule has 180 valence electrons. The summed E-state index contributed by atoms with van der Waals surface area (Å²) in [6, 6.07) is 39.1. The standard InChI is InChI=1S/C34H24N4/c1-21(2)36-29-14-8-9-15-30(29)38-28-17-16-22(20-35)18-26(28)32-33-25(19-31(36)34(32)38)24-12-6-7-13-27(24)37(33)23-10-4-3-5-11-23/h3-19,21H,1-2H3. The lowest BCUT2D eigenvalue weighted by Gasteiger charge is -2.36. The Bertz CT molecular complexity index is 2120. The molecule has 0 spiro atoms. The topological polar surface area (TPSA) is 36.9 Å². The fourth-order valence-corrected chi connectivity index (χ4v) is 6.53. The maximum atomic E-state index is 9.86. The van der Waals surface area contributed by atoms with Crippen molar-refractivity contribution in [1.82, 2.24) is 9.13 Å². The van der Waals surface area contributed by atoms with Gasteiger partial charge in [0.1, 0.15) is 0 Å². The third-order valence-electron chi connectivity index (χ3n) is 7.94. The van der Waals surface area contributed by atoms with Crippen LogP contribution in [0.15, 0.2) is 103 Å². The molecule has 5 aromatic carbocycles. The first-order chi connectivity index (χ1) is 18.7. The van der Waals surface area contributed by atoms with Crippen LogP contribution in [0.25, 0.3) is 55.0 Å². The summed E-state index contributed by atoms with van der Waals surface area (Å²) in [6.07, 6.45) is 0. The first kappa shape index (κ1) is 21.1. The van der Waals surface area contributed by atoms with Gasteiger partial charge in [-0.3, -0.25) is 0 Å². The highest BCUT2D eigenvalue weighted by atomic mass is 15.2. The lowest BCUT2D eigenvalue weighted by atomic mass is 10.0. The predicted molar refractivity (Wildman–Crippen MR) is 157 cm³/mol. The number of nitriles is 1. The van der Waals surface area contributed by atoms with E-state index in [9.17, 15) is 5.26 Å². The van der Waals surface area contributed by atoms with E-state index in [2.05, 4.69) is 131 Å². The van der Waals surface area contributed by atoms with Crippen molar-refractivity contribution >= 4 is 55.0 Å². The molecule has 1 aliphatic heterocycles. The van der Waals surface area contributed by atoms with E-state index < -0.39 is 0 Å². The first-order valence-electron chi connectivity index (χ1n) is 13.1. The molecule has 0 aliphatic carbocycles. The molecule has 38 heavy (non-hydrogen) atoms. The van der Waals surface area contributed by atoms with Crippen LogP contribution in [0.4, 0.5) is 11.4 Å². The maximum Gasteiger partial charge on any atom is 0.0991 e. The van der Waals surface area contributed by atoms with Crippen LogP contribution in [-0.2, 0) is 0 Å². The zero-order chi connectivity index (χ0) is 25.5. The zero-order valence-corrected chi connectivity index (χ0v) is 21.2. The van der Waals surface area contributed by atoms with Gasteiger partial charge in [-0.25, -0.2) is 0 Å². The molecule has 2 aromatic heterocycles. The number of anilines is 2. The van der Waals surface area contributed by atoms with Gasteiger partial charge in [0.25, 0.3) is 0 Å². The number of hydrogen-bond donors (Lipinski definition) is 0. The fourth-order valence-electron chi connectivity index (χ4n) is 6.53. The second-order valence-electron chi connectivity index (χ2n) is 10.3. The van der Waals surface area contributed by atoms with Crippen LogP contribution >= 0.6 is 0 Å². The van der Waals surface area contributed by atoms with Gasteiger partial charge in [0, 0.05) is 33.3 Å². The Kier molecular flexibility index (Phi) is 4.17. The first-order valence-corrected chi connectivity index (χ1v) is 13.1. The summed E-state index contributed by atoms with van der Waals surface area (Å²) in [4.78, 5) is 2.47. The second-order valence-corrected chi connectivity index (χ2v) is 10.3. The average molecular weight is 489 g/mol. The van der Waals surface area contributed by atoms with Gasteiger partial charge in [-0.1, -0.05) is 48.5 Å². The van der Waals surface area contributed by atoms with Gasteiger partial charge < -0.3 is 14.0 Å². The molecule has 8 rings (SSSR count). The number of nitrogens with zero attached hydrogens (tertiary/aromatic N) is 4. The summed E-state index contributed by atoms with van der Waals surface area (Å²) < 4.78 is 4.80. The summed E-state index contributed by atoms with van der Waals surface area (Å²) in [6.45, 7) is 4.51. The van der Waals surface area contributed by atoms with Crippen molar-refractivity contribution < 1.29 is 0 Å². The maximum absolute atomic E-state index is 9.86. The van der Waals surface area contributed by atoms with E-state index in [0.717, 1.165) is 16.6 Å². The second kappa shape index (κ2) is 7.50. The van der Waals surface area contributed by atoms with E-state index >= 15 is 0 Å². The Morgan fingerprint density at radius 3 is 2.11 bits per heavy atom. The Morgan fingerprint density at radius 2 is 1.32 bits per heavy atom. The zero-order valence-electron chi connectivity index (χ0n) is 21.2. The molecule has 0 bridgehead atoms. The molecule has 4 nitrogen and oxygen atoms in total. The molecule has 0 amide bonds. The Balaban J connectivity index is 1.72. The fraction of sp³-hybridized carbons (Fsp3) is 0.0882. The third-order valence-corrected chi connectivity index (χ3v) is 7.94. The van der Waals surface area contributed by atoms with Crippen molar-refractivity contribution in [1.29, 1.82) is 5.26 Å². The SMILES string of the molecule is CC(C)N1c2ccccc2-n2c3ccc(C#N)cc3c3c2c1cc1c2ccccc2n(-c2ccccc2)c13. The van der Waals surface area contributed by atoms with Gasteiger partial charge in [0.2, 0.25) is 0 Å². The summed E-state index contributed by atoms with van der Waals surface area (Å²) in [5.74, 6) is 0. The highest BCUT2D eigenvalue weighted by molar-refractivity contribution is 6.30. The van der Waals surface area contributed by atoms with Crippen LogP contribution < -0.4 is 4.90 Å². The minimum atomic E-state index is 0.265. The van der Waals surface area contributed by atoms with Gasteiger partial charge in [-0.2, -0.15) is 5.26 Å². The summed E-state index contributed by atoms with van der Waals surface area (Å²) in [7, 11) is 0. The van der Waals surface area contributed by atoms with E-state index in [0.29, 0.717) is 5.56 Å². The third kappa shape index (κ3) is 2.58. The number of aromatic nitrogens is 2. The van der Waals surface area contributed by atoms with Crippen LogP contribution in [0.5, 0.6) is 0 Å².